The Morgan fingerprint density at radius 3 is 2.44 bits per heavy atom. The van der Waals surface area contributed by atoms with Crippen LogP contribution in [-0.2, 0) is 13.2 Å². The average Bonchev–Trinajstić information content (AvgIpc) is 3.33. The number of hydrogen-bond donors (Lipinski definition) is 0. The molecule has 0 aliphatic heterocycles. The minimum atomic E-state index is -4.39. The van der Waals surface area contributed by atoms with Gasteiger partial charge in [0.25, 0.3) is 5.91 Å². The van der Waals surface area contributed by atoms with Crippen LogP contribution in [0.4, 0.5) is 13.2 Å². The summed E-state index contributed by atoms with van der Waals surface area (Å²) in [6.07, 6.45) is -2.61. The Kier molecular flexibility index (Phi) is 4.39. The number of aryl methyl sites for hydroxylation is 1. The summed E-state index contributed by atoms with van der Waals surface area (Å²) in [4.78, 5) is 14.8. The normalized spacial score (nSPS) is 15.9. The Hall–Kier alpha value is -2.24. The van der Waals surface area contributed by atoms with Crippen LogP contribution in [0.2, 0.25) is 0 Å². The SMILES string of the molecule is Cc1ccc(C(=O)N(C2CC2)C(C)c2cccc(C(F)(F)F)c2)n1C. The molecule has 1 unspecified atom stereocenters. The van der Waals surface area contributed by atoms with Gasteiger partial charge in [0.2, 0.25) is 0 Å². The van der Waals surface area contributed by atoms with Gasteiger partial charge in [-0.05, 0) is 56.5 Å². The van der Waals surface area contributed by atoms with Crippen LogP contribution >= 0.6 is 0 Å². The summed E-state index contributed by atoms with van der Waals surface area (Å²) >= 11 is 0. The second-order valence-corrected chi connectivity index (χ2v) is 6.66. The van der Waals surface area contributed by atoms with Crippen molar-refractivity contribution in [2.45, 2.75) is 44.9 Å². The van der Waals surface area contributed by atoms with Crippen LogP contribution in [0, 0.1) is 6.92 Å². The molecule has 0 N–H and O–H groups in total. The summed E-state index contributed by atoms with van der Waals surface area (Å²) in [5, 5.41) is 0. The molecule has 1 aliphatic carbocycles. The minimum absolute atomic E-state index is 0.0900. The molecule has 0 radical (unpaired) electrons. The molecule has 0 bridgehead atoms. The van der Waals surface area contributed by atoms with Crippen LogP contribution < -0.4 is 0 Å². The molecule has 1 heterocycles. The zero-order chi connectivity index (χ0) is 18.4. The zero-order valence-electron chi connectivity index (χ0n) is 14.5. The number of aromatic nitrogens is 1. The molecule has 3 rings (SSSR count). The van der Waals surface area contributed by atoms with Gasteiger partial charge in [-0.25, -0.2) is 0 Å². The molecule has 2 aromatic rings. The first-order chi connectivity index (χ1) is 11.7. The minimum Gasteiger partial charge on any atom is -0.344 e. The van der Waals surface area contributed by atoms with Gasteiger partial charge in [0, 0.05) is 18.8 Å². The van der Waals surface area contributed by atoms with Gasteiger partial charge in [-0.2, -0.15) is 13.2 Å². The summed E-state index contributed by atoms with van der Waals surface area (Å²) in [7, 11) is 1.82. The van der Waals surface area contributed by atoms with E-state index < -0.39 is 17.8 Å². The Bertz CT molecular complexity index is 790. The van der Waals surface area contributed by atoms with Gasteiger partial charge in [-0.3, -0.25) is 4.79 Å². The summed E-state index contributed by atoms with van der Waals surface area (Å²) in [6.45, 7) is 3.70. The lowest BCUT2D eigenvalue weighted by atomic mass is 10.0. The first-order valence-electron chi connectivity index (χ1n) is 8.32. The number of alkyl halides is 3. The van der Waals surface area contributed by atoms with Crippen molar-refractivity contribution in [1.29, 1.82) is 0 Å². The molecule has 1 aromatic heterocycles. The van der Waals surface area contributed by atoms with Crippen molar-refractivity contribution >= 4 is 5.91 Å². The highest BCUT2D eigenvalue weighted by atomic mass is 19.4. The number of rotatable bonds is 4. The fraction of sp³-hybridized carbons (Fsp3) is 0.421. The molecule has 1 amide bonds. The van der Waals surface area contributed by atoms with E-state index in [1.54, 1.807) is 24.0 Å². The second kappa shape index (κ2) is 6.24. The Morgan fingerprint density at radius 2 is 1.92 bits per heavy atom. The Morgan fingerprint density at radius 1 is 1.24 bits per heavy atom. The van der Waals surface area contributed by atoms with Crippen LogP contribution in [0.25, 0.3) is 0 Å². The summed E-state index contributed by atoms with van der Waals surface area (Å²) in [6, 6.07) is 8.56. The van der Waals surface area contributed by atoms with E-state index in [2.05, 4.69) is 0 Å². The molecule has 1 aliphatic rings. The van der Waals surface area contributed by atoms with Crippen molar-refractivity contribution in [3.05, 3.63) is 58.9 Å². The van der Waals surface area contributed by atoms with Gasteiger partial charge in [-0.15, -0.1) is 0 Å². The quantitative estimate of drug-likeness (QED) is 0.783. The number of halogens is 3. The fourth-order valence-corrected chi connectivity index (χ4v) is 3.11. The summed E-state index contributed by atoms with van der Waals surface area (Å²) < 4.78 is 40.8. The maximum Gasteiger partial charge on any atom is 0.416 e. The second-order valence-electron chi connectivity index (χ2n) is 6.66. The summed E-state index contributed by atoms with van der Waals surface area (Å²) in [5.74, 6) is -0.136. The maximum absolute atomic E-state index is 13.0. The van der Waals surface area contributed by atoms with Crippen LogP contribution in [0.5, 0.6) is 0 Å². The molecule has 134 valence electrons. The first-order valence-corrected chi connectivity index (χ1v) is 8.32. The van der Waals surface area contributed by atoms with E-state index in [9.17, 15) is 18.0 Å². The van der Waals surface area contributed by atoms with Gasteiger partial charge in [0.05, 0.1) is 11.6 Å². The molecule has 1 atom stereocenters. The van der Waals surface area contributed by atoms with Crippen LogP contribution in [0.15, 0.2) is 36.4 Å². The van der Waals surface area contributed by atoms with E-state index in [4.69, 9.17) is 0 Å². The highest BCUT2D eigenvalue weighted by molar-refractivity contribution is 5.93. The van der Waals surface area contributed by atoms with Gasteiger partial charge in [0.1, 0.15) is 5.69 Å². The van der Waals surface area contributed by atoms with E-state index in [1.165, 1.54) is 6.07 Å². The molecular weight excluding hydrogens is 329 g/mol. The van der Waals surface area contributed by atoms with Crippen LogP contribution in [0.1, 0.15) is 53.1 Å². The molecule has 3 nitrogen and oxygen atoms in total. The average molecular weight is 350 g/mol. The van der Waals surface area contributed by atoms with Gasteiger partial charge in [0.15, 0.2) is 0 Å². The van der Waals surface area contributed by atoms with Crippen LogP contribution in [-0.4, -0.2) is 21.4 Å². The largest absolute Gasteiger partial charge is 0.416 e. The molecule has 6 heteroatoms. The van der Waals surface area contributed by atoms with E-state index in [-0.39, 0.29) is 11.9 Å². The number of carbonyl (C=O) groups is 1. The summed E-state index contributed by atoms with van der Waals surface area (Å²) in [5.41, 5.74) is 1.34. The number of benzene rings is 1. The van der Waals surface area contributed by atoms with Gasteiger partial charge in [-0.1, -0.05) is 12.1 Å². The number of nitrogens with zero attached hydrogens (tertiary/aromatic N) is 2. The number of amides is 1. The molecule has 1 saturated carbocycles. The monoisotopic (exact) mass is 350 g/mol. The Balaban J connectivity index is 1.93. The fourth-order valence-electron chi connectivity index (χ4n) is 3.11. The van der Waals surface area contributed by atoms with E-state index in [1.807, 2.05) is 24.6 Å². The van der Waals surface area contributed by atoms with Crippen molar-refractivity contribution in [3.63, 3.8) is 0 Å². The van der Waals surface area contributed by atoms with Crippen molar-refractivity contribution in [3.8, 4) is 0 Å². The van der Waals surface area contributed by atoms with Gasteiger partial charge < -0.3 is 9.47 Å². The van der Waals surface area contributed by atoms with E-state index >= 15 is 0 Å². The molecule has 0 saturated heterocycles. The van der Waals surface area contributed by atoms with Crippen molar-refractivity contribution in [1.82, 2.24) is 9.47 Å². The highest BCUT2D eigenvalue weighted by Crippen LogP contribution is 2.37. The zero-order valence-corrected chi connectivity index (χ0v) is 14.5. The lowest BCUT2D eigenvalue weighted by Crippen LogP contribution is -2.36. The molecular formula is C19H21F3N2O. The Labute approximate surface area is 145 Å². The highest BCUT2D eigenvalue weighted by Gasteiger charge is 2.38. The molecule has 25 heavy (non-hydrogen) atoms. The lowest BCUT2D eigenvalue weighted by Gasteiger charge is -2.30. The van der Waals surface area contributed by atoms with Crippen molar-refractivity contribution in [2.75, 3.05) is 0 Å². The third-order valence-electron chi connectivity index (χ3n) is 4.88. The van der Waals surface area contributed by atoms with Crippen LogP contribution in [0.3, 0.4) is 0 Å². The third kappa shape index (κ3) is 3.43. The topological polar surface area (TPSA) is 25.2 Å². The lowest BCUT2D eigenvalue weighted by molar-refractivity contribution is -0.137. The third-order valence-corrected chi connectivity index (χ3v) is 4.88. The van der Waals surface area contributed by atoms with E-state index in [0.29, 0.717) is 11.3 Å². The molecule has 0 spiro atoms. The predicted molar refractivity (Wildman–Crippen MR) is 89.2 cm³/mol. The first kappa shape index (κ1) is 17.6. The van der Waals surface area contributed by atoms with Gasteiger partial charge >= 0.3 is 6.18 Å². The van der Waals surface area contributed by atoms with Crippen molar-refractivity contribution < 1.29 is 18.0 Å². The standard InChI is InChI=1S/C19H21F3N2O/c1-12-7-10-17(23(12)3)18(25)24(16-8-9-16)13(2)14-5-4-6-15(11-14)19(20,21)22/h4-7,10-11,13,16H,8-9H2,1-3H3. The smallest absolute Gasteiger partial charge is 0.344 e. The van der Waals surface area contributed by atoms with E-state index in [0.717, 1.165) is 30.7 Å². The molecule has 1 aromatic carbocycles. The number of carbonyl (C=O) groups excluding carboxylic acids is 1. The number of hydrogen-bond acceptors (Lipinski definition) is 1. The maximum atomic E-state index is 13.0. The van der Waals surface area contributed by atoms with Crippen molar-refractivity contribution in [2.24, 2.45) is 7.05 Å². The predicted octanol–water partition coefficient (Wildman–Crippen LogP) is 4.72. The molecule has 1 fully saturated rings.